The highest BCUT2D eigenvalue weighted by molar-refractivity contribution is 7.99. The number of amides is 1. The molecule has 2 rings (SSSR count). The van der Waals surface area contributed by atoms with Gasteiger partial charge in [0, 0.05) is 0 Å². The van der Waals surface area contributed by atoms with E-state index in [0.29, 0.717) is 5.75 Å². The van der Waals surface area contributed by atoms with Crippen molar-refractivity contribution in [3.05, 3.63) is 6.33 Å². The normalized spacial score (nSPS) is 16.2. The molecule has 2 heterocycles. The minimum atomic E-state index is -0.0164. The van der Waals surface area contributed by atoms with Crippen LogP contribution in [-0.2, 0) is 4.79 Å². The molecule has 52 valence electrons. The molecule has 6 heteroatoms. The molecule has 1 amide bonds. The molecule has 0 saturated carbocycles. The Morgan fingerprint density at radius 1 is 1.80 bits per heavy atom. The van der Waals surface area contributed by atoms with Crippen LogP contribution in [0.1, 0.15) is 0 Å². The van der Waals surface area contributed by atoms with Crippen LogP contribution < -0.4 is 5.43 Å². The third kappa shape index (κ3) is 0.766. The second-order valence-corrected chi connectivity index (χ2v) is 2.75. The molecule has 1 aliphatic rings. The summed E-state index contributed by atoms with van der Waals surface area (Å²) in [5, 5.41) is 8.10. The summed E-state index contributed by atoms with van der Waals surface area (Å²) in [5.74, 6) is 0.413. The second-order valence-electron chi connectivity index (χ2n) is 1.81. The van der Waals surface area contributed by atoms with Crippen molar-refractivity contribution in [2.75, 3.05) is 11.2 Å². The van der Waals surface area contributed by atoms with E-state index in [1.54, 1.807) is 0 Å². The number of rotatable bonds is 0. The lowest BCUT2D eigenvalue weighted by Gasteiger charge is -2.11. The Bertz CT molecular complexity index is 270. The molecule has 0 spiro atoms. The number of thioether (sulfide) groups is 1. The molecule has 0 aliphatic carbocycles. The molecule has 0 aromatic carbocycles. The Labute approximate surface area is 60.8 Å². The van der Waals surface area contributed by atoms with Crippen LogP contribution in [0.5, 0.6) is 0 Å². The molecule has 1 aromatic heterocycles. The van der Waals surface area contributed by atoms with Crippen LogP contribution in [-0.4, -0.2) is 26.5 Å². The number of fused-ring (bicyclic) bond motifs is 1. The molecule has 0 unspecified atom stereocenters. The zero-order valence-corrected chi connectivity index (χ0v) is 5.76. The summed E-state index contributed by atoms with van der Waals surface area (Å²) >= 11 is 1.38. The maximum Gasteiger partial charge on any atom is 0.249 e. The molecule has 10 heavy (non-hydrogen) atoms. The molecule has 5 nitrogen and oxygen atoms in total. The number of nitrogens with one attached hydrogen (secondary N) is 1. The minimum Gasteiger partial charge on any atom is -0.272 e. The van der Waals surface area contributed by atoms with Gasteiger partial charge in [0.25, 0.3) is 0 Å². The summed E-state index contributed by atoms with van der Waals surface area (Å²) in [4.78, 5) is 10.7. The molecule has 1 aliphatic heterocycles. The van der Waals surface area contributed by atoms with Gasteiger partial charge in [-0.1, -0.05) is 11.8 Å². The van der Waals surface area contributed by atoms with Crippen molar-refractivity contribution in [3.8, 4) is 0 Å². The van der Waals surface area contributed by atoms with E-state index in [9.17, 15) is 4.79 Å². The predicted molar refractivity (Wildman–Crippen MR) is 35.1 cm³/mol. The van der Waals surface area contributed by atoms with Crippen LogP contribution in [0.25, 0.3) is 0 Å². The summed E-state index contributed by atoms with van der Waals surface area (Å²) in [6.45, 7) is 0. The zero-order valence-electron chi connectivity index (χ0n) is 4.94. The molecular formula is C4H4N4OS. The Hall–Kier alpha value is -1.04. The average molecular weight is 156 g/mol. The van der Waals surface area contributed by atoms with Crippen LogP contribution >= 0.6 is 11.8 Å². The molecule has 0 saturated heterocycles. The van der Waals surface area contributed by atoms with E-state index in [0.717, 1.165) is 5.16 Å². The van der Waals surface area contributed by atoms with Gasteiger partial charge >= 0.3 is 0 Å². The molecule has 0 atom stereocenters. The fourth-order valence-corrected chi connectivity index (χ4v) is 1.36. The average Bonchev–Trinajstić information content (AvgIpc) is 2.33. The van der Waals surface area contributed by atoms with Crippen LogP contribution in [0.15, 0.2) is 11.5 Å². The van der Waals surface area contributed by atoms with Gasteiger partial charge in [0.05, 0.1) is 5.75 Å². The summed E-state index contributed by atoms with van der Waals surface area (Å²) in [7, 11) is 0. The van der Waals surface area contributed by atoms with Crippen molar-refractivity contribution in [2.24, 2.45) is 0 Å². The van der Waals surface area contributed by atoms with Gasteiger partial charge in [-0.15, -0.1) is 10.2 Å². The number of carbonyl (C=O) groups is 1. The van der Waals surface area contributed by atoms with E-state index >= 15 is 0 Å². The maximum atomic E-state index is 10.7. The van der Waals surface area contributed by atoms with Crippen LogP contribution in [0.3, 0.4) is 0 Å². The van der Waals surface area contributed by atoms with Crippen molar-refractivity contribution in [1.82, 2.24) is 14.9 Å². The van der Waals surface area contributed by atoms with Gasteiger partial charge in [0.2, 0.25) is 11.1 Å². The summed E-state index contributed by atoms with van der Waals surface area (Å²) in [5.41, 5.74) is 2.57. The van der Waals surface area contributed by atoms with E-state index < -0.39 is 0 Å². The lowest BCUT2D eigenvalue weighted by molar-refractivity contribution is -0.114. The lowest BCUT2D eigenvalue weighted by Crippen LogP contribution is -2.28. The van der Waals surface area contributed by atoms with E-state index in [2.05, 4.69) is 15.6 Å². The topological polar surface area (TPSA) is 59.8 Å². The second kappa shape index (κ2) is 1.98. The highest BCUT2D eigenvalue weighted by Crippen LogP contribution is 2.16. The number of nitrogens with zero attached hydrogens (tertiary/aromatic N) is 3. The lowest BCUT2D eigenvalue weighted by atomic mass is 10.7. The van der Waals surface area contributed by atoms with Crippen molar-refractivity contribution >= 4 is 17.7 Å². The van der Waals surface area contributed by atoms with Gasteiger partial charge in [-0.2, -0.15) is 0 Å². The van der Waals surface area contributed by atoms with Gasteiger partial charge in [-0.3, -0.25) is 10.2 Å². The Morgan fingerprint density at radius 3 is 3.60 bits per heavy atom. The number of aromatic nitrogens is 3. The Kier molecular flexibility index (Phi) is 1.13. The first-order valence-electron chi connectivity index (χ1n) is 2.69. The molecular weight excluding hydrogens is 152 g/mol. The Balaban J connectivity index is 2.39. The first-order valence-corrected chi connectivity index (χ1v) is 3.67. The first kappa shape index (κ1) is 5.72. The smallest absolute Gasteiger partial charge is 0.249 e. The molecule has 1 aromatic rings. The Morgan fingerprint density at radius 2 is 2.70 bits per heavy atom. The quantitative estimate of drug-likeness (QED) is 0.547. The van der Waals surface area contributed by atoms with Crippen molar-refractivity contribution in [3.63, 3.8) is 0 Å². The first-order chi connectivity index (χ1) is 4.86. The fraction of sp³-hybridized carbons (Fsp3) is 0.250. The number of hydrogen-bond donors (Lipinski definition) is 1. The van der Waals surface area contributed by atoms with Crippen molar-refractivity contribution < 1.29 is 4.79 Å². The molecule has 0 radical (unpaired) electrons. The third-order valence-corrected chi connectivity index (χ3v) is 2.04. The van der Waals surface area contributed by atoms with Gasteiger partial charge in [-0.05, 0) is 0 Å². The fourth-order valence-electron chi connectivity index (χ4n) is 0.696. The summed E-state index contributed by atoms with van der Waals surface area (Å²) < 4.78 is 1.51. The minimum absolute atomic E-state index is 0.0164. The molecule has 0 fully saturated rings. The number of carbonyl (C=O) groups excluding carboxylic acids is 1. The zero-order chi connectivity index (χ0) is 6.97. The predicted octanol–water partition coefficient (Wildman–Crippen LogP) is -0.546. The highest BCUT2D eigenvalue weighted by atomic mass is 32.2. The summed E-state index contributed by atoms with van der Waals surface area (Å²) in [6, 6.07) is 0. The summed E-state index contributed by atoms with van der Waals surface area (Å²) in [6.07, 6.45) is 1.47. The van der Waals surface area contributed by atoms with E-state index in [1.807, 2.05) is 0 Å². The van der Waals surface area contributed by atoms with Gasteiger partial charge < -0.3 is 0 Å². The SMILES string of the molecule is O=C1CSc2nncn2N1. The standard InChI is InChI=1S/C4H4N4OS/c9-3-1-10-4-6-5-2-8(4)7-3/h2H,1H2,(H,7,9). The monoisotopic (exact) mass is 156 g/mol. The highest BCUT2D eigenvalue weighted by Gasteiger charge is 2.15. The van der Waals surface area contributed by atoms with Crippen LogP contribution in [0, 0.1) is 0 Å². The van der Waals surface area contributed by atoms with Crippen LogP contribution in [0.2, 0.25) is 0 Å². The van der Waals surface area contributed by atoms with Gasteiger partial charge in [0.15, 0.2) is 0 Å². The van der Waals surface area contributed by atoms with E-state index in [4.69, 9.17) is 0 Å². The molecule has 1 N–H and O–H groups in total. The maximum absolute atomic E-state index is 10.7. The van der Waals surface area contributed by atoms with E-state index in [-0.39, 0.29) is 5.91 Å². The number of hydrogen-bond acceptors (Lipinski definition) is 4. The third-order valence-electron chi connectivity index (χ3n) is 1.09. The van der Waals surface area contributed by atoms with E-state index in [1.165, 1.54) is 22.8 Å². The van der Waals surface area contributed by atoms with Crippen LogP contribution in [0.4, 0.5) is 0 Å². The van der Waals surface area contributed by atoms with Gasteiger partial charge in [0.1, 0.15) is 6.33 Å². The van der Waals surface area contributed by atoms with Crippen molar-refractivity contribution in [2.45, 2.75) is 5.16 Å². The van der Waals surface area contributed by atoms with Crippen molar-refractivity contribution in [1.29, 1.82) is 0 Å². The van der Waals surface area contributed by atoms with Gasteiger partial charge in [-0.25, -0.2) is 4.68 Å². The molecule has 0 bridgehead atoms. The largest absolute Gasteiger partial charge is 0.272 e.